The predicted octanol–water partition coefficient (Wildman–Crippen LogP) is 6.91. The average Bonchev–Trinajstić information content (AvgIpc) is 2.87. The molecule has 186 valence electrons. The molecule has 2 aromatic carbocycles. The summed E-state index contributed by atoms with van der Waals surface area (Å²) in [5.74, 6) is 1.79. The highest BCUT2D eigenvalue weighted by molar-refractivity contribution is 7.89. The quantitative estimate of drug-likeness (QED) is 0.326. The topological polar surface area (TPSA) is 46.6 Å². The van der Waals surface area contributed by atoms with E-state index < -0.39 is 10.0 Å². The highest BCUT2D eigenvalue weighted by Crippen LogP contribution is 2.29. The minimum absolute atomic E-state index is 0.390. The number of hydrogen-bond acceptors (Lipinski definition) is 3. The number of sulfonamides is 1. The van der Waals surface area contributed by atoms with E-state index in [0.29, 0.717) is 18.0 Å². The van der Waals surface area contributed by atoms with Gasteiger partial charge in [-0.25, -0.2) is 8.42 Å². The van der Waals surface area contributed by atoms with Gasteiger partial charge in [0.05, 0.1) is 11.5 Å². The van der Waals surface area contributed by atoms with E-state index >= 15 is 0 Å². The lowest BCUT2D eigenvalue weighted by molar-refractivity contribution is 0.283. The smallest absolute Gasteiger partial charge is 0.243 e. The number of benzene rings is 2. The van der Waals surface area contributed by atoms with Crippen molar-refractivity contribution in [3.8, 4) is 5.75 Å². The van der Waals surface area contributed by atoms with Crippen LogP contribution >= 0.6 is 0 Å². The largest absolute Gasteiger partial charge is 0.494 e. The van der Waals surface area contributed by atoms with Gasteiger partial charge in [-0.2, -0.15) is 4.31 Å². The first-order chi connectivity index (χ1) is 16.6. The fraction of sp³-hybridized carbons (Fsp3) is 0.586. The Balaban J connectivity index is 1.31. The number of rotatable bonds is 11. The summed E-state index contributed by atoms with van der Waals surface area (Å²) >= 11 is 0. The minimum Gasteiger partial charge on any atom is -0.494 e. The van der Waals surface area contributed by atoms with Crippen molar-refractivity contribution in [1.29, 1.82) is 0 Å². The van der Waals surface area contributed by atoms with Crippen molar-refractivity contribution in [3.05, 3.63) is 59.2 Å². The van der Waals surface area contributed by atoms with E-state index in [9.17, 15) is 8.42 Å². The number of hydrogen-bond donors (Lipinski definition) is 0. The first-order valence-electron chi connectivity index (χ1n) is 13.4. The van der Waals surface area contributed by atoms with Gasteiger partial charge < -0.3 is 4.74 Å². The molecule has 0 N–H and O–H groups in total. The van der Waals surface area contributed by atoms with E-state index in [4.69, 9.17) is 4.74 Å². The molecule has 2 aromatic rings. The van der Waals surface area contributed by atoms with Gasteiger partial charge in [-0.05, 0) is 79.0 Å². The maximum absolute atomic E-state index is 13.3. The molecule has 2 aliphatic rings. The Kier molecular flexibility index (Phi) is 9.07. The minimum atomic E-state index is -3.50. The van der Waals surface area contributed by atoms with Gasteiger partial charge in [-0.3, -0.25) is 0 Å². The molecule has 34 heavy (non-hydrogen) atoms. The molecule has 1 aliphatic carbocycles. The normalized spacial score (nSPS) is 17.4. The summed E-state index contributed by atoms with van der Waals surface area (Å²) in [5.41, 5.74) is 3.49. The fourth-order valence-electron chi connectivity index (χ4n) is 5.36. The summed E-state index contributed by atoms with van der Waals surface area (Å²) in [6.07, 6.45) is 14.7. The summed E-state index contributed by atoms with van der Waals surface area (Å²) in [6.45, 7) is 3.84. The van der Waals surface area contributed by atoms with Crippen LogP contribution in [0.3, 0.4) is 0 Å². The van der Waals surface area contributed by atoms with Crippen LogP contribution in [0.4, 0.5) is 0 Å². The van der Waals surface area contributed by atoms with Crippen molar-refractivity contribution in [3.63, 3.8) is 0 Å². The van der Waals surface area contributed by atoms with Crippen molar-refractivity contribution >= 4 is 10.0 Å². The molecule has 5 heteroatoms. The molecule has 1 fully saturated rings. The molecular weight excluding hydrogens is 442 g/mol. The van der Waals surface area contributed by atoms with Crippen LogP contribution in [0.1, 0.15) is 87.8 Å². The Morgan fingerprint density at radius 1 is 0.941 bits per heavy atom. The van der Waals surface area contributed by atoms with Crippen LogP contribution in [0.25, 0.3) is 0 Å². The molecule has 0 amide bonds. The molecular formula is C29H41NO3S. The van der Waals surface area contributed by atoms with Gasteiger partial charge in [0.1, 0.15) is 5.75 Å². The van der Waals surface area contributed by atoms with Gasteiger partial charge in [0.25, 0.3) is 0 Å². The molecule has 0 atom stereocenters. The lowest BCUT2D eigenvalue weighted by Gasteiger charge is -2.28. The summed E-state index contributed by atoms with van der Waals surface area (Å²) in [6, 6.07) is 13.6. The highest BCUT2D eigenvalue weighted by atomic mass is 32.2. The zero-order valence-corrected chi connectivity index (χ0v) is 21.6. The zero-order valence-electron chi connectivity index (χ0n) is 20.8. The third kappa shape index (κ3) is 6.63. The molecule has 4 rings (SSSR count). The van der Waals surface area contributed by atoms with Gasteiger partial charge in [0.2, 0.25) is 10.0 Å². The monoisotopic (exact) mass is 483 g/mol. The van der Waals surface area contributed by atoms with Gasteiger partial charge in [0.15, 0.2) is 0 Å². The van der Waals surface area contributed by atoms with Crippen LogP contribution in [0.15, 0.2) is 47.4 Å². The Bertz CT molecular complexity index is 1010. The first-order valence-corrected chi connectivity index (χ1v) is 14.8. The first kappa shape index (κ1) is 25.2. The van der Waals surface area contributed by atoms with Crippen LogP contribution < -0.4 is 4.74 Å². The second-order valence-corrected chi connectivity index (χ2v) is 12.1. The summed E-state index contributed by atoms with van der Waals surface area (Å²) in [5, 5.41) is 0. The second kappa shape index (κ2) is 12.2. The number of ether oxygens (including phenoxy) is 1. The van der Waals surface area contributed by atoms with E-state index in [1.807, 2.05) is 24.3 Å². The van der Waals surface area contributed by atoms with Gasteiger partial charge in [-0.1, -0.05) is 70.1 Å². The molecule has 1 aliphatic heterocycles. The van der Waals surface area contributed by atoms with Crippen LogP contribution in [-0.4, -0.2) is 25.9 Å². The zero-order chi connectivity index (χ0) is 23.8. The molecule has 0 aromatic heterocycles. The van der Waals surface area contributed by atoms with Crippen molar-refractivity contribution in [2.75, 3.05) is 13.2 Å². The molecule has 0 spiro atoms. The SMILES string of the molecule is CCCCc1ccc(S(=O)(=O)N2CCc3ccc(OCCCCC4CCCCC4)cc3C2)cc1. The van der Waals surface area contributed by atoms with Crippen LogP contribution in [0.2, 0.25) is 0 Å². The third-order valence-electron chi connectivity index (χ3n) is 7.54. The number of nitrogens with zero attached hydrogens (tertiary/aromatic N) is 1. The number of unbranched alkanes of at least 4 members (excludes halogenated alkanes) is 2. The summed E-state index contributed by atoms with van der Waals surface area (Å²) in [7, 11) is -3.50. The van der Waals surface area contributed by atoms with Gasteiger partial charge in [0, 0.05) is 13.1 Å². The van der Waals surface area contributed by atoms with Crippen molar-refractivity contribution in [1.82, 2.24) is 4.31 Å². The molecule has 0 saturated heterocycles. The Hall–Kier alpha value is -1.85. The van der Waals surface area contributed by atoms with Gasteiger partial charge >= 0.3 is 0 Å². The number of aryl methyl sites for hydroxylation is 1. The number of fused-ring (bicyclic) bond motifs is 1. The highest BCUT2D eigenvalue weighted by Gasteiger charge is 2.28. The summed E-state index contributed by atoms with van der Waals surface area (Å²) < 4.78 is 34.2. The van der Waals surface area contributed by atoms with Crippen molar-refractivity contribution in [2.45, 2.75) is 95.4 Å². The Morgan fingerprint density at radius 2 is 1.74 bits per heavy atom. The van der Waals surface area contributed by atoms with Crippen LogP contribution in [0.5, 0.6) is 5.75 Å². The van der Waals surface area contributed by atoms with Crippen molar-refractivity contribution < 1.29 is 13.2 Å². The van der Waals surface area contributed by atoms with Crippen LogP contribution in [-0.2, 0) is 29.4 Å². The third-order valence-corrected chi connectivity index (χ3v) is 9.39. The lowest BCUT2D eigenvalue weighted by Crippen LogP contribution is -2.36. The molecule has 4 nitrogen and oxygen atoms in total. The fourth-order valence-corrected chi connectivity index (χ4v) is 6.78. The van der Waals surface area contributed by atoms with Crippen molar-refractivity contribution in [2.24, 2.45) is 5.92 Å². The Labute approximate surface area is 206 Å². The molecule has 0 radical (unpaired) electrons. The second-order valence-electron chi connectivity index (χ2n) is 10.1. The molecule has 0 bridgehead atoms. The van der Waals surface area contributed by atoms with E-state index in [-0.39, 0.29) is 0 Å². The molecule has 1 heterocycles. The van der Waals surface area contributed by atoms with E-state index in [0.717, 1.165) is 55.9 Å². The van der Waals surface area contributed by atoms with Crippen LogP contribution in [0, 0.1) is 5.92 Å². The summed E-state index contributed by atoms with van der Waals surface area (Å²) in [4.78, 5) is 0.390. The molecule has 0 unspecified atom stereocenters. The van der Waals surface area contributed by atoms with E-state index in [1.54, 1.807) is 16.4 Å². The predicted molar refractivity (Wildman–Crippen MR) is 139 cm³/mol. The maximum atomic E-state index is 13.3. The average molecular weight is 484 g/mol. The maximum Gasteiger partial charge on any atom is 0.243 e. The van der Waals surface area contributed by atoms with Gasteiger partial charge in [-0.15, -0.1) is 0 Å². The Morgan fingerprint density at radius 3 is 2.50 bits per heavy atom. The lowest BCUT2D eigenvalue weighted by atomic mass is 9.86. The van der Waals surface area contributed by atoms with E-state index in [1.165, 1.54) is 56.1 Å². The molecule has 1 saturated carbocycles. The standard InChI is InChI=1S/C29H41NO3S/c1-2-3-9-25-13-17-29(18-14-25)34(31,32)30-20-19-26-15-16-28(22-27(26)23-30)33-21-8-7-12-24-10-5-4-6-11-24/h13-18,22,24H,2-12,19-21,23H2,1H3. The van der Waals surface area contributed by atoms with E-state index in [2.05, 4.69) is 13.0 Å².